The molecule has 0 atom stereocenters. The number of hydrogen-bond acceptors (Lipinski definition) is 5. The summed E-state index contributed by atoms with van der Waals surface area (Å²) >= 11 is 0. The van der Waals surface area contributed by atoms with Gasteiger partial charge in [0.2, 0.25) is 0 Å². The molecule has 0 aliphatic rings. The second-order valence-corrected chi connectivity index (χ2v) is 4.27. The number of ether oxygens (including phenoxy) is 1. The Balaban J connectivity index is 2.47. The molecule has 1 heterocycles. The van der Waals surface area contributed by atoms with Gasteiger partial charge in [0.25, 0.3) is 5.69 Å². The molecule has 2 rings (SSSR count). The molecule has 0 amide bonds. The van der Waals surface area contributed by atoms with Gasteiger partial charge in [0.1, 0.15) is 5.56 Å². The minimum Gasteiger partial charge on any atom is -0.462 e. The van der Waals surface area contributed by atoms with Crippen LogP contribution in [-0.2, 0) is 11.2 Å². The van der Waals surface area contributed by atoms with E-state index in [9.17, 15) is 14.9 Å². The molecule has 110 valence electrons. The average molecular weight is 289 g/mol. The number of nitro groups is 1. The fraction of sp³-hybridized carbons (Fsp3) is 0.286. The molecular formula is C14H15N3O4. The van der Waals surface area contributed by atoms with E-state index in [1.165, 1.54) is 23.0 Å². The molecule has 0 saturated carbocycles. The maximum absolute atomic E-state index is 11.9. The molecule has 0 aliphatic carbocycles. The van der Waals surface area contributed by atoms with Crippen LogP contribution >= 0.6 is 0 Å². The van der Waals surface area contributed by atoms with Crippen LogP contribution in [0.15, 0.2) is 30.5 Å². The molecule has 0 fully saturated rings. The van der Waals surface area contributed by atoms with E-state index in [1.807, 2.05) is 6.92 Å². The summed E-state index contributed by atoms with van der Waals surface area (Å²) < 4.78 is 6.51. The molecule has 1 aromatic heterocycles. The highest BCUT2D eigenvalue weighted by Crippen LogP contribution is 2.20. The van der Waals surface area contributed by atoms with E-state index in [4.69, 9.17) is 4.74 Å². The Kier molecular flexibility index (Phi) is 4.32. The van der Waals surface area contributed by atoms with Gasteiger partial charge in [0.15, 0.2) is 0 Å². The van der Waals surface area contributed by atoms with E-state index >= 15 is 0 Å². The van der Waals surface area contributed by atoms with Gasteiger partial charge in [-0.05, 0) is 19.4 Å². The Labute approximate surface area is 121 Å². The zero-order valence-corrected chi connectivity index (χ0v) is 11.8. The fourth-order valence-electron chi connectivity index (χ4n) is 2.05. The van der Waals surface area contributed by atoms with Crippen LogP contribution in [0.1, 0.15) is 29.9 Å². The molecule has 0 N–H and O–H groups in total. The third-order valence-electron chi connectivity index (χ3n) is 2.98. The summed E-state index contributed by atoms with van der Waals surface area (Å²) in [7, 11) is 0. The number of carbonyl (C=O) groups is 1. The number of esters is 1. The Morgan fingerprint density at radius 3 is 2.81 bits per heavy atom. The highest BCUT2D eigenvalue weighted by molar-refractivity contribution is 5.90. The number of hydrogen-bond donors (Lipinski definition) is 0. The maximum atomic E-state index is 11.9. The summed E-state index contributed by atoms with van der Waals surface area (Å²) in [5.74, 6) is -0.439. The van der Waals surface area contributed by atoms with E-state index in [0.717, 1.165) is 0 Å². The van der Waals surface area contributed by atoms with Crippen LogP contribution in [0, 0.1) is 10.1 Å². The maximum Gasteiger partial charge on any atom is 0.341 e. The number of carbonyl (C=O) groups excluding carboxylic acids is 1. The van der Waals surface area contributed by atoms with Crippen LogP contribution in [0.4, 0.5) is 5.69 Å². The van der Waals surface area contributed by atoms with Gasteiger partial charge >= 0.3 is 5.97 Å². The highest BCUT2D eigenvalue weighted by Gasteiger charge is 2.19. The normalized spacial score (nSPS) is 10.4. The van der Waals surface area contributed by atoms with Crippen molar-refractivity contribution in [2.45, 2.75) is 20.3 Å². The zero-order valence-electron chi connectivity index (χ0n) is 11.8. The first-order chi connectivity index (χ1) is 10.1. The number of rotatable bonds is 5. The first-order valence-electron chi connectivity index (χ1n) is 6.57. The number of nitrogens with zero attached hydrogens (tertiary/aromatic N) is 3. The van der Waals surface area contributed by atoms with E-state index in [-0.39, 0.29) is 12.3 Å². The average Bonchev–Trinajstić information content (AvgIpc) is 2.91. The summed E-state index contributed by atoms with van der Waals surface area (Å²) in [6, 6.07) is 6.11. The molecule has 0 bridgehead atoms. The molecule has 1 aromatic carbocycles. The Bertz CT molecular complexity index is 679. The van der Waals surface area contributed by atoms with Crippen LogP contribution in [0.3, 0.4) is 0 Å². The second kappa shape index (κ2) is 6.17. The van der Waals surface area contributed by atoms with Gasteiger partial charge in [-0.3, -0.25) is 10.1 Å². The van der Waals surface area contributed by atoms with Crippen molar-refractivity contribution >= 4 is 11.7 Å². The minimum absolute atomic E-state index is 0.0252. The van der Waals surface area contributed by atoms with Gasteiger partial charge in [0.05, 0.1) is 29.1 Å². The molecule has 2 aromatic rings. The summed E-state index contributed by atoms with van der Waals surface area (Å²) in [6.07, 6.45) is 1.98. The third-order valence-corrected chi connectivity index (χ3v) is 2.98. The number of nitro benzene ring substituents is 1. The lowest BCUT2D eigenvalue weighted by molar-refractivity contribution is -0.384. The molecule has 21 heavy (non-hydrogen) atoms. The van der Waals surface area contributed by atoms with Crippen LogP contribution in [0.2, 0.25) is 0 Å². The minimum atomic E-state index is -0.467. The van der Waals surface area contributed by atoms with Gasteiger partial charge in [-0.25, -0.2) is 9.48 Å². The first kappa shape index (κ1) is 14.7. The van der Waals surface area contributed by atoms with Crippen molar-refractivity contribution < 1.29 is 14.5 Å². The molecular weight excluding hydrogens is 274 g/mol. The Morgan fingerprint density at radius 2 is 2.19 bits per heavy atom. The number of benzene rings is 1. The van der Waals surface area contributed by atoms with Crippen LogP contribution in [-0.4, -0.2) is 27.3 Å². The summed E-state index contributed by atoms with van der Waals surface area (Å²) in [5.41, 5.74) is 1.55. The zero-order chi connectivity index (χ0) is 15.4. The van der Waals surface area contributed by atoms with Crippen molar-refractivity contribution in [2.75, 3.05) is 6.61 Å². The van der Waals surface area contributed by atoms with Gasteiger partial charge < -0.3 is 4.74 Å². The second-order valence-electron chi connectivity index (χ2n) is 4.27. The lowest BCUT2D eigenvalue weighted by Crippen LogP contribution is -2.09. The molecule has 0 aliphatic heterocycles. The van der Waals surface area contributed by atoms with Gasteiger partial charge in [-0.15, -0.1) is 0 Å². The SMILES string of the molecule is CCOC(=O)c1cnn(-c2cccc([N+](=O)[O-])c2)c1CC. The topological polar surface area (TPSA) is 87.3 Å². The Hall–Kier alpha value is -2.70. The number of aromatic nitrogens is 2. The van der Waals surface area contributed by atoms with Crippen LogP contribution in [0.25, 0.3) is 5.69 Å². The molecule has 7 nitrogen and oxygen atoms in total. The van der Waals surface area contributed by atoms with Crippen molar-refractivity contribution in [1.29, 1.82) is 0 Å². The molecule has 7 heteroatoms. The van der Waals surface area contributed by atoms with Crippen LogP contribution in [0.5, 0.6) is 0 Å². The lowest BCUT2D eigenvalue weighted by Gasteiger charge is -2.07. The molecule has 0 radical (unpaired) electrons. The van der Waals surface area contributed by atoms with E-state index in [2.05, 4.69) is 5.10 Å². The van der Waals surface area contributed by atoms with Crippen LogP contribution < -0.4 is 0 Å². The Morgan fingerprint density at radius 1 is 1.43 bits per heavy atom. The van der Waals surface area contributed by atoms with E-state index in [0.29, 0.717) is 23.4 Å². The van der Waals surface area contributed by atoms with Gasteiger partial charge in [-0.2, -0.15) is 5.10 Å². The molecule has 0 spiro atoms. The summed E-state index contributed by atoms with van der Waals surface area (Å²) in [6.45, 7) is 3.89. The van der Waals surface area contributed by atoms with Crippen molar-refractivity contribution in [3.63, 3.8) is 0 Å². The van der Waals surface area contributed by atoms with E-state index < -0.39 is 10.9 Å². The van der Waals surface area contributed by atoms with Gasteiger partial charge in [0, 0.05) is 12.1 Å². The predicted octanol–water partition coefficient (Wildman–Crippen LogP) is 2.52. The molecule has 0 unspecified atom stereocenters. The summed E-state index contributed by atoms with van der Waals surface area (Å²) in [4.78, 5) is 22.2. The summed E-state index contributed by atoms with van der Waals surface area (Å²) in [5, 5.41) is 15.0. The van der Waals surface area contributed by atoms with Crippen molar-refractivity contribution in [3.8, 4) is 5.69 Å². The lowest BCUT2D eigenvalue weighted by atomic mass is 10.2. The van der Waals surface area contributed by atoms with Crippen molar-refractivity contribution in [1.82, 2.24) is 9.78 Å². The predicted molar refractivity (Wildman–Crippen MR) is 75.6 cm³/mol. The monoisotopic (exact) mass is 289 g/mol. The quantitative estimate of drug-likeness (QED) is 0.479. The third kappa shape index (κ3) is 2.91. The van der Waals surface area contributed by atoms with Crippen molar-refractivity contribution in [2.24, 2.45) is 0 Å². The highest BCUT2D eigenvalue weighted by atomic mass is 16.6. The van der Waals surface area contributed by atoms with E-state index in [1.54, 1.807) is 19.1 Å². The standard InChI is InChI=1S/C14H15N3O4/c1-3-13-12(14(18)21-4-2)9-15-16(13)10-6-5-7-11(8-10)17(19)20/h5-9H,3-4H2,1-2H3. The van der Waals surface area contributed by atoms with Crippen molar-refractivity contribution in [3.05, 3.63) is 51.8 Å². The first-order valence-corrected chi connectivity index (χ1v) is 6.57. The van der Waals surface area contributed by atoms with Gasteiger partial charge in [-0.1, -0.05) is 13.0 Å². The molecule has 0 saturated heterocycles. The fourth-order valence-corrected chi connectivity index (χ4v) is 2.05. The number of non-ortho nitro benzene ring substituents is 1. The largest absolute Gasteiger partial charge is 0.462 e. The smallest absolute Gasteiger partial charge is 0.341 e.